The molecule has 0 spiro atoms. The van der Waals surface area contributed by atoms with Crippen LogP contribution in [0.4, 0.5) is 0 Å². The van der Waals surface area contributed by atoms with Crippen molar-refractivity contribution in [2.75, 3.05) is 0 Å². The normalized spacial score (nSPS) is 12.8. The molecule has 0 heterocycles. The quantitative estimate of drug-likeness (QED) is 0.795. The Hall–Kier alpha value is -1.02. The van der Waals surface area contributed by atoms with Crippen molar-refractivity contribution in [3.8, 4) is 5.75 Å². The molecule has 0 amide bonds. The Bertz CT molecular complexity index is 307. The lowest BCUT2D eigenvalue weighted by molar-refractivity contribution is 0.154. The molecule has 1 aromatic carbocycles. The van der Waals surface area contributed by atoms with E-state index in [1.54, 1.807) is 0 Å². The summed E-state index contributed by atoms with van der Waals surface area (Å²) in [6, 6.07) is 7.74. The highest BCUT2D eigenvalue weighted by Gasteiger charge is 2.13. The zero-order chi connectivity index (χ0) is 12.0. The number of hydrogen-bond acceptors (Lipinski definition) is 2. The first-order valence-electron chi connectivity index (χ1n) is 6.08. The van der Waals surface area contributed by atoms with E-state index in [4.69, 9.17) is 4.74 Å². The monoisotopic (exact) mass is 222 g/mol. The first-order valence-corrected chi connectivity index (χ1v) is 6.08. The molecule has 0 saturated carbocycles. The molecule has 16 heavy (non-hydrogen) atoms. The Morgan fingerprint density at radius 3 is 2.56 bits per heavy atom. The van der Waals surface area contributed by atoms with E-state index in [0.717, 1.165) is 30.6 Å². The van der Waals surface area contributed by atoms with Crippen LogP contribution in [0.3, 0.4) is 0 Å². The van der Waals surface area contributed by atoms with Gasteiger partial charge in [0.1, 0.15) is 5.75 Å². The van der Waals surface area contributed by atoms with E-state index in [0.29, 0.717) is 0 Å². The predicted octanol–water partition coefficient (Wildman–Crippen LogP) is 3.70. The SMILES string of the molecule is CCCCC(O)c1ccccc1OC(C)C. The van der Waals surface area contributed by atoms with Gasteiger partial charge in [0.2, 0.25) is 0 Å². The number of para-hydroxylation sites is 1. The average Bonchev–Trinajstić information content (AvgIpc) is 2.26. The molecule has 0 aliphatic heterocycles. The van der Waals surface area contributed by atoms with E-state index >= 15 is 0 Å². The van der Waals surface area contributed by atoms with Crippen molar-refractivity contribution in [1.29, 1.82) is 0 Å². The number of aliphatic hydroxyl groups is 1. The molecule has 0 saturated heterocycles. The van der Waals surface area contributed by atoms with Gasteiger partial charge in [0.15, 0.2) is 0 Å². The van der Waals surface area contributed by atoms with Crippen molar-refractivity contribution in [3.63, 3.8) is 0 Å². The zero-order valence-electron chi connectivity index (χ0n) is 10.4. The minimum absolute atomic E-state index is 0.138. The van der Waals surface area contributed by atoms with Gasteiger partial charge in [-0.15, -0.1) is 0 Å². The number of benzene rings is 1. The molecular formula is C14H22O2. The van der Waals surface area contributed by atoms with Crippen LogP contribution in [0.5, 0.6) is 5.75 Å². The first-order chi connectivity index (χ1) is 7.65. The number of rotatable bonds is 6. The number of ether oxygens (including phenoxy) is 1. The van der Waals surface area contributed by atoms with E-state index in [1.807, 2.05) is 38.1 Å². The van der Waals surface area contributed by atoms with Crippen LogP contribution in [0, 0.1) is 0 Å². The lowest BCUT2D eigenvalue weighted by Crippen LogP contribution is -2.09. The van der Waals surface area contributed by atoms with Crippen LogP contribution in [-0.4, -0.2) is 11.2 Å². The third kappa shape index (κ3) is 3.86. The number of hydrogen-bond donors (Lipinski definition) is 1. The Kier molecular flexibility index (Phi) is 5.33. The van der Waals surface area contributed by atoms with E-state index < -0.39 is 6.10 Å². The van der Waals surface area contributed by atoms with Crippen molar-refractivity contribution in [3.05, 3.63) is 29.8 Å². The molecule has 0 aromatic heterocycles. The number of aliphatic hydroxyl groups excluding tert-OH is 1. The highest BCUT2D eigenvalue weighted by molar-refractivity contribution is 5.35. The summed E-state index contributed by atoms with van der Waals surface area (Å²) >= 11 is 0. The van der Waals surface area contributed by atoms with Crippen LogP contribution in [0.1, 0.15) is 51.7 Å². The van der Waals surface area contributed by atoms with Gasteiger partial charge in [0, 0.05) is 5.56 Å². The first kappa shape index (κ1) is 13.0. The van der Waals surface area contributed by atoms with Crippen LogP contribution < -0.4 is 4.74 Å². The van der Waals surface area contributed by atoms with Crippen molar-refractivity contribution in [1.82, 2.24) is 0 Å². The third-order valence-electron chi connectivity index (χ3n) is 2.47. The fourth-order valence-electron chi connectivity index (χ4n) is 1.67. The second kappa shape index (κ2) is 6.54. The van der Waals surface area contributed by atoms with Crippen molar-refractivity contribution < 1.29 is 9.84 Å². The molecule has 0 radical (unpaired) electrons. The van der Waals surface area contributed by atoms with E-state index in [2.05, 4.69) is 6.92 Å². The maximum atomic E-state index is 10.1. The molecule has 1 rings (SSSR count). The molecule has 1 aromatic rings. The minimum atomic E-state index is -0.408. The molecule has 90 valence electrons. The Labute approximate surface area is 98.3 Å². The van der Waals surface area contributed by atoms with E-state index in [-0.39, 0.29) is 6.10 Å². The topological polar surface area (TPSA) is 29.5 Å². The lowest BCUT2D eigenvalue weighted by atomic mass is 10.0. The fourth-order valence-corrected chi connectivity index (χ4v) is 1.67. The summed E-state index contributed by atoms with van der Waals surface area (Å²) in [7, 11) is 0. The number of unbranched alkanes of at least 4 members (excludes halogenated alkanes) is 1. The average molecular weight is 222 g/mol. The molecule has 2 heteroatoms. The van der Waals surface area contributed by atoms with Gasteiger partial charge in [-0.25, -0.2) is 0 Å². The predicted molar refractivity (Wildman–Crippen MR) is 66.7 cm³/mol. The molecule has 1 atom stereocenters. The summed E-state index contributed by atoms with van der Waals surface area (Å²) < 4.78 is 5.69. The summed E-state index contributed by atoms with van der Waals surface area (Å²) in [5, 5.41) is 10.1. The van der Waals surface area contributed by atoms with Gasteiger partial charge in [-0.1, -0.05) is 38.0 Å². The van der Waals surface area contributed by atoms with Gasteiger partial charge in [0.05, 0.1) is 12.2 Å². The van der Waals surface area contributed by atoms with Crippen molar-refractivity contribution in [2.45, 2.75) is 52.2 Å². The summed E-state index contributed by atoms with van der Waals surface area (Å²) in [4.78, 5) is 0. The van der Waals surface area contributed by atoms with Crippen molar-refractivity contribution >= 4 is 0 Å². The summed E-state index contributed by atoms with van der Waals surface area (Å²) in [5.74, 6) is 0.807. The van der Waals surface area contributed by atoms with Crippen LogP contribution >= 0.6 is 0 Å². The standard InChI is InChI=1S/C14H22O2/c1-4-5-9-13(15)12-8-6-7-10-14(12)16-11(2)3/h6-8,10-11,13,15H,4-5,9H2,1-3H3. The van der Waals surface area contributed by atoms with E-state index in [9.17, 15) is 5.11 Å². The van der Waals surface area contributed by atoms with Gasteiger partial charge < -0.3 is 9.84 Å². The molecule has 0 aliphatic carbocycles. The molecule has 2 nitrogen and oxygen atoms in total. The molecular weight excluding hydrogens is 200 g/mol. The van der Waals surface area contributed by atoms with Crippen LogP contribution in [0.25, 0.3) is 0 Å². The Balaban J connectivity index is 2.76. The third-order valence-corrected chi connectivity index (χ3v) is 2.47. The second-order valence-electron chi connectivity index (χ2n) is 4.36. The largest absolute Gasteiger partial charge is 0.491 e. The maximum absolute atomic E-state index is 10.1. The highest BCUT2D eigenvalue weighted by atomic mass is 16.5. The van der Waals surface area contributed by atoms with Gasteiger partial charge in [-0.3, -0.25) is 0 Å². The smallest absolute Gasteiger partial charge is 0.125 e. The Morgan fingerprint density at radius 1 is 1.25 bits per heavy atom. The summed E-state index contributed by atoms with van der Waals surface area (Å²) in [5.41, 5.74) is 0.907. The second-order valence-corrected chi connectivity index (χ2v) is 4.36. The summed E-state index contributed by atoms with van der Waals surface area (Å²) in [6.45, 7) is 6.12. The highest BCUT2D eigenvalue weighted by Crippen LogP contribution is 2.28. The van der Waals surface area contributed by atoms with Gasteiger partial charge >= 0.3 is 0 Å². The van der Waals surface area contributed by atoms with Crippen LogP contribution in [0.15, 0.2) is 24.3 Å². The fraction of sp³-hybridized carbons (Fsp3) is 0.571. The molecule has 1 N–H and O–H groups in total. The van der Waals surface area contributed by atoms with Crippen LogP contribution in [0.2, 0.25) is 0 Å². The lowest BCUT2D eigenvalue weighted by Gasteiger charge is -2.17. The maximum Gasteiger partial charge on any atom is 0.125 e. The molecule has 0 bridgehead atoms. The molecule has 0 fully saturated rings. The zero-order valence-corrected chi connectivity index (χ0v) is 10.4. The van der Waals surface area contributed by atoms with Crippen molar-refractivity contribution in [2.24, 2.45) is 0 Å². The molecule has 0 aliphatic rings. The van der Waals surface area contributed by atoms with E-state index in [1.165, 1.54) is 0 Å². The molecule has 1 unspecified atom stereocenters. The minimum Gasteiger partial charge on any atom is -0.491 e. The summed E-state index contributed by atoms with van der Waals surface area (Å²) in [6.07, 6.45) is 2.67. The Morgan fingerprint density at radius 2 is 1.94 bits per heavy atom. The van der Waals surface area contributed by atoms with Crippen LogP contribution in [-0.2, 0) is 0 Å². The van der Waals surface area contributed by atoms with Gasteiger partial charge in [0.25, 0.3) is 0 Å². The van der Waals surface area contributed by atoms with Gasteiger partial charge in [-0.2, -0.15) is 0 Å². The van der Waals surface area contributed by atoms with Gasteiger partial charge in [-0.05, 0) is 26.3 Å².